The van der Waals surface area contributed by atoms with Gasteiger partial charge in [-0.1, -0.05) is 0 Å². The van der Waals surface area contributed by atoms with Crippen LogP contribution in [-0.2, 0) is 6.54 Å². The maximum Gasteiger partial charge on any atom is 0.418 e. The molecule has 0 aromatic carbocycles. The molecule has 0 bridgehead atoms. The number of alkyl halides is 3. The summed E-state index contributed by atoms with van der Waals surface area (Å²) >= 11 is 0. The molecule has 0 radical (unpaired) electrons. The van der Waals surface area contributed by atoms with Gasteiger partial charge in [0.05, 0.1) is 5.56 Å². The van der Waals surface area contributed by atoms with Gasteiger partial charge in [0.2, 0.25) is 0 Å². The summed E-state index contributed by atoms with van der Waals surface area (Å²) in [4.78, 5) is 0. The lowest BCUT2D eigenvalue weighted by Gasteiger charge is -2.16. The number of anilines is 1. The highest BCUT2D eigenvalue weighted by Gasteiger charge is 2.45. The summed E-state index contributed by atoms with van der Waals surface area (Å²) in [6.07, 6.45) is -5.61. The lowest BCUT2D eigenvalue weighted by Crippen LogP contribution is -2.22. The van der Waals surface area contributed by atoms with Crippen LogP contribution in [0.2, 0.25) is 0 Å². The number of nitrogen functional groups attached to an aromatic ring is 1. The van der Waals surface area contributed by atoms with E-state index in [9.17, 15) is 18.3 Å². The number of hydrogen-bond acceptors (Lipinski definition) is 3. The number of aliphatic hydroxyl groups excluding tert-OH is 1. The third-order valence-electron chi connectivity index (χ3n) is 2.91. The fraction of sp³-hybridized carbons (Fsp3) is 0.700. The average molecular weight is 249 g/mol. The lowest BCUT2D eigenvalue weighted by molar-refractivity contribution is -0.206. The number of nitrogens with zero attached hydrogens (tertiary/aromatic N) is 2. The quantitative estimate of drug-likeness (QED) is 0.860. The molecule has 96 valence electrons. The van der Waals surface area contributed by atoms with Crippen LogP contribution in [0.25, 0.3) is 0 Å². The van der Waals surface area contributed by atoms with E-state index < -0.39 is 12.3 Å². The molecule has 1 fully saturated rings. The SMILES string of the molecule is CCn1nc(N)c(C(O)C(F)(F)F)c1C1CC1. The Morgan fingerprint density at radius 1 is 1.53 bits per heavy atom. The topological polar surface area (TPSA) is 64.1 Å². The predicted octanol–water partition coefficient (Wildman–Crippen LogP) is 1.96. The first kappa shape index (κ1) is 12.2. The highest BCUT2D eigenvalue weighted by molar-refractivity contribution is 5.47. The van der Waals surface area contributed by atoms with Gasteiger partial charge in [-0.3, -0.25) is 4.68 Å². The third kappa shape index (κ3) is 2.11. The molecule has 4 nitrogen and oxygen atoms in total. The largest absolute Gasteiger partial charge is 0.418 e. The average Bonchev–Trinajstić information content (AvgIpc) is 3.00. The Kier molecular flexibility index (Phi) is 2.81. The van der Waals surface area contributed by atoms with Gasteiger partial charge in [-0.15, -0.1) is 0 Å². The molecule has 1 atom stereocenters. The molecule has 0 spiro atoms. The van der Waals surface area contributed by atoms with E-state index >= 15 is 0 Å². The molecule has 1 aromatic rings. The van der Waals surface area contributed by atoms with Crippen LogP contribution in [0.3, 0.4) is 0 Å². The molecule has 2 rings (SSSR count). The van der Waals surface area contributed by atoms with Crippen LogP contribution in [0.4, 0.5) is 19.0 Å². The monoisotopic (exact) mass is 249 g/mol. The van der Waals surface area contributed by atoms with Crippen molar-refractivity contribution in [2.75, 3.05) is 5.73 Å². The molecule has 1 saturated carbocycles. The number of aryl methyl sites for hydroxylation is 1. The summed E-state index contributed by atoms with van der Waals surface area (Å²) in [6.45, 7) is 2.22. The van der Waals surface area contributed by atoms with E-state index in [1.54, 1.807) is 6.92 Å². The first-order valence-electron chi connectivity index (χ1n) is 5.47. The van der Waals surface area contributed by atoms with Gasteiger partial charge in [0.25, 0.3) is 0 Å². The Morgan fingerprint density at radius 2 is 2.12 bits per heavy atom. The van der Waals surface area contributed by atoms with E-state index in [0.29, 0.717) is 12.2 Å². The first-order chi connectivity index (χ1) is 7.86. The van der Waals surface area contributed by atoms with Crippen molar-refractivity contribution in [1.82, 2.24) is 9.78 Å². The van der Waals surface area contributed by atoms with Crippen molar-refractivity contribution < 1.29 is 18.3 Å². The van der Waals surface area contributed by atoms with Crippen LogP contribution in [0, 0.1) is 0 Å². The molecule has 1 heterocycles. The Hall–Kier alpha value is -1.24. The van der Waals surface area contributed by atoms with Crippen molar-refractivity contribution in [1.29, 1.82) is 0 Å². The fourth-order valence-corrected chi connectivity index (χ4v) is 1.98. The number of rotatable bonds is 3. The Balaban J connectivity index is 2.48. The minimum absolute atomic E-state index is 0.0479. The maximum atomic E-state index is 12.5. The smallest absolute Gasteiger partial charge is 0.382 e. The van der Waals surface area contributed by atoms with E-state index in [1.807, 2.05) is 0 Å². The van der Waals surface area contributed by atoms with Crippen LogP contribution in [0.5, 0.6) is 0 Å². The van der Waals surface area contributed by atoms with Gasteiger partial charge in [-0.05, 0) is 19.8 Å². The van der Waals surface area contributed by atoms with Gasteiger partial charge < -0.3 is 10.8 Å². The van der Waals surface area contributed by atoms with Crippen LogP contribution in [0.1, 0.15) is 43.0 Å². The zero-order valence-corrected chi connectivity index (χ0v) is 9.33. The third-order valence-corrected chi connectivity index (χ3v) is 2.91. The van der Waals surface area contributed by atoms with Crippen molar-refractivity contribution in [3.05, 3.63) is 11.3 Å². The summed E-state index contributed by atoms with van der Waals surface area (Å²) in [5.74, 6) is -0.176. The number of aliphatic hydroxyl groups is 1. The van der Waals surface area contributed by atoms with Crippen LogP contribution in [0.15, 0.2) is 0 Å². The number of nitrogens with two attached hydrogens (primary N) is 1. The van der Waals surface area contributed by atoms with Crippen molar-refractivity contribution in [3.8, 4) is 0 Å². The van der Waals surface area contributed by atoms with Gasteiger partial charge in [0.15, 0.2) is 11.9 Å². The standard InChI is InChI=1S/C10H14F3N3O/c1-2-16-7(5-3-4-5)6(9(14)15-16)8(17)10(11,12)13/h5,8,17H,2-4H2,1H3,(H2,14,15). The van der Waals surface area contributed by atoms with Gasteiger partial charge in [-0.25, -0.2) is 0 Å². The normalized spacial score (nSPS) is 18.4. The second kappa shape index (κ2) is 3.90. The van der Waals surface area contributed by atoms with Gasteiger partial charge in [0.1, 0.15) is 0 Å². The minimum atomic E-state index is -4.71. The van der Waals surface area contributed by atoms with Gasteiger partial charge in [-0.2, -0.15) is 18.3 Å². The minimum Gasteiger partial charge on any atom is -0.382 e. The molecule has 1 aliphatic rings. The fourth-order valence-electron chi connectivity index (χ4n) is 1.98. The molecule has 3 N–H and O–H groups in total. The van der Waals surface area contributed by atoms with Crippen molar-refractivity contribution in [2.24, 2.45) is 0 Å². The Labute approximate surface area is 96.2 Å². The molecule has 0 saturated heterocycles. The molecule has 1 aromatic heterocycles. The lowest BCUT2D eigenvalue weighted by atomic mass is 10.1. The highest BCUT2D eigenvalue weighted by Crippen LogP contribution is 2.47. The maximum absolute atomic E-state index is 12.5. The van der Waals surface area contributed by atoms with E-state index in [-0.39, 0.29) is 17.3 Å². The Morgan fingerprint density at radius 3 is 2.53 bits per heavy atom. The van der Waals surface area contributed by atoms with Gasteiger partial charge >= 0.3 is 6.18 Å². The number of halogens is 3. The summed E-state index contributed by atoms with van der Waals surface area (Å²) in [6, 6.07) is 0. The molecule has 1 aliphatic carbocycles. The zero-order valence-electron chi connectivity index (χ0n) is 9.33. The van der Waals surface area contributed by atoms with Crippen LogP contribution in [-0.4, -0.2) is 21.1 Å². The second-order valence-corrected chi connectivity index (χ2v) is 4.22. The zero-order chi connectivity index (χ0) is 12.8. The first-order valence-corrected chi connectivity index (χ1v) is 5.47. The molecule has 1 unspecified atom stereocenters. The summed E-state index contributed by atoms with van der Waals surface area (Å²) in [5.41, 5.74) is 5.67. The predicted molar refractivity (Wildman–Crippen MR) is 55.3 cm³/mol. The van der Waals surface area contributed by atoms with E-state index in [0.717, 1.165) is 12.8 Å². The van der Waals surface area contributed by atoms with Crippen molar-refractivity contribution in [2.45, 2.75) is 44.5 Å². The summed E-state index contributed by atoms with van der Waals surface area (Å²) in [5, 5.41) is 13.2. The van der Waals surface area contributed by atoms with E-state index in [1.165, 1.54) is 4.68 Å². The number of hydrogen-bond donors (Lipinski definition) is 2. The van der Waals surface area contributed by atoms with E-state index in [4.69, 9.17) is 5.73 Å². The van der Waals surface area contributed by atoms with E-state index in [2.05, 4.69) is 5.10 Å². The highest BCUT2D eigenvalue weighted by atomic mass is 19.4. The molecular weight excluding hydrogens is 235 g/mol. The number of aromatic nitrogens is 2. The Bertz CT molecular complexity index is 423. The van der Waals surface area contributed by atoms with Crippen molar-refractivity contribution >= 4 is 5.82 Å². The molecular formula is C10H14F3N3O. The second-order valence-electron chi connectivity index (χ2n) is 4.22. The van der Waals surface area contributed by atoms with Gasteiger partial charge in [0, 0.05) is 18.2 Å². The summed E-state index contributed by atoms with van der Waals surface area (Å²) in [7, 11) is 0. The summed E-state index contributed by atoms with van der Waals surface area (Å²) < 4.78 is 39.1. The molecule has 0 aliphatic heterocycles. The van der Waals surface area contributed by atoms with Crippen molar-refractivity contribution in [3.63, 3.8) is 0 Å². The van der Waals surface area contributed by atoms with Crippen LogP contribution >= 0.6 is 0 Å². The van der Waals surface area contributed by atoms with Crippen LogP contribution < -0.4 is 5.73 Å². The molecule has 7 heteroatoms. The molecule has 17 heavy (non-hydrogen) atoms. The molecule has 0 amide bonds.